The van der Waals surface area contributed by atoms with Gasteiger partial charge in [-0.05, 0) is 6.07 Å². The lowest BCUT2D eigenvalue weighted by molar-refractivity contribution is 0.0942. The molecule has 0 aliphatic rings. The van der Waals surface area contributed by atoms with Crippen LogP contribution in [0.25, 0.3) is 0 Å². The van der Waals surface area contributed by atoms with Crippen LogP contribution in [0, 0.1) is 0 Å². The monoisotopic (exact) mass is 318 g/mol. The number of carbonyl (C=O) groups is 1. The van der Waals surface area contributed by atoms with Gasteiger partial charge in [-0.3, -0.25) is 4.79 Å². The molecule has 0 saturated carbocycles. The van der Waals surface area contributed by atoms with Gasteiger partial charge in [0, 0.05) is 6.20 Å². The maximum Gasteiger partial charge on any atom is 0.272 e. The van der Waals surface area contributed by atoms with Crippen molar-refractivity contribution in [1.29, 1.82) is 0 Å². The third-order valence-corrected chi connectivity index (χ3v) is 2.95. The van der Waals surface area contributed by atoms with E-state index in [2.05, 4.69) is 19.0 Å². The van der Waals surface area contributed by atoms with E-state index in [9.17, 15) is 4.79 Å². The zero-order valence-electron chi connectivity index (χ0n) is 9.47. The van der Waals surface area contributed by atoms with Gasteiger partial charge in [-0.15, -0.1) is 0 Å². The molecule has 1 amide bonds. The molecule has 1 N–H and O–H groups in total. The van der Waals surface area contributed by atoms with E-state index in [-0.39, 0.29) is 24.1 Å². The Balaban J connectivity index is 1.76. The standard InChI is InChI=1S/C10H8Cl2N4O2S/c11-6-3-7(12)10(14-4-6)18-2-1-13-9(17)8-5-15-19-16-8/h3-5H,1-2H2,(H,13,17). The fourth-order valence-corrected chi connectivity index (χ4v) is 2.02. The molecule has 0 spiro atoms. The summed E-state index contributed by atoms with van der Waals surface area (Å²) >= 11 is 12.6. The predicted octanol–water partition coefficient (Wildman–Crippen LogP) is 2.05. The summed E-state index contributed by atoms with van der Waals surface area (Å²) in [5.74, 6) is -0.0249. The number of hydrogen-bond donors (Lipinski definition) is 1. The van der Waals surface area contributed by atoms with Crippen LogP contribution >= 0.6 is 34.9 Å². The molecular weight excluding hydrogens is 311 g/mol. The molecule has 2 aromatic heterocycles. The van der Waals surface area contributed by atoms with Crippen molar-refractivity contribution in [2.45, 2.75) is 0 Å². The van der Waals surface area contributed by atoms with Gasteiger partial charge in [-0.2, -0.15) is 8.75 Å². The summed E-state index contributed by atoms with van der Waals surface area (Å²) < 4.78 is 12.9. The number of nitrogens with one attached hydrogen (secondary N) is 1. The van der Waals surface area contributed by atoms with Crippen LogP contribution in [0.3, 0.4) is 0 Å². The van der Waals surface area contributed by atoms with Crippen molar-refractivity contribution >= 4 is 40.8 Å². The first kappa shape index (κ1) is 14.0. The molecule has 0 aliphatic carbocycles. The first-order chi connectivity index (χ1) is 9.16. The number of halogens is 2. The first-order valence-electron chi connectivity index (χ1n) is 5.16. The second-order valence-electron chi connectivity index (χ2n) is 3.34. The second kappa shape index (κ2) is 6.65. The van der Waals surface area contributed by atoms with Gasteiger partial charge in [0.05, 0.1) is 29.5 Å². The highest BCUT2D eigenvalue weighted by Gasteiger charge is 2.08. The Morgan fingerprint density at radius 2 is 2.26 bits per heavy atom. The van der Waals surface area contributed by atoms with Crippen LogP contribution in [0.1, 0.15) is 10.5 Å². The molecule has 0 bridgehead atoms. The zero-order valence-corrected chi connectivity index (χ0v) is 11.8. The second-order valence-corrected chi connectivity index (χ2v) is 4.74. The molecule has 0 aromatic carbocycles. The highest BCUT2D eigenvalue weighted by Crippen LogP contribution is 2.24. The van der Waals surface area contributed by atoms with E-state index in [0.717, 1.165) is 11.7 Å². The Hall–Kier alpha value is -1.44. The molecule has 0 fully saturated rings. The average Bonchev–Trinajstić information content (AvgIpc) is 2.90. The van der Waals surface area contributed by atoms with E-state index in [4.69, 9.17) is 27.9 Å². The van der Waals surface area contributed by atoms with Crippen molar-refractivity contribution in [3.05, 3.63) is 34.2 Å². The average molecular weight is 319 g/mol. The lowest BCUT2D eigenvalue weighted by atomic mass is 10.4. The molecular formula is C10H8Cl2N4O2S. The summed E-state index contributed by atoms with van der Waals surface area (Å²) in [5.41, 5.74) is 0.285. The number of nitrogens with zero attached hydrogens (tertiary/aromatic N) is 3. The van der Waals surface area contributed by atoms with Gasteiger partial charge in [0.15, 0.2) is 5.69 Å². The minimum atomic E-state index is -0.299. The normalized spacial score (nSPS) is 10.2. The molecule has 2 aromatic rings. The van der Waals surface area contributed by atoms with Crippen LogP contribution < -0.4 is 10.1 Å². The third kappa shape index (κ3) is 4.02. The minimum absolute atomic E-state index is 0.234. The molecule has 9 heteroatoms. The SMILES string of the molecule is O=C(NCCOc1ncc(Cl)cc1Cl)c1cnsn1. The Labute approximate surface area is 123 Å². The number of ether oxygens (including phenoxy) is 1. The van der Waals surface area contributed by atoms with Gasteiger partial charge in [-0.25, -0.2) is 4.98 Å². The molecule has 0 saturated heterocycles. The number of carbonyl (C=O) groups excluding carboxylic acids is 1. The van der Waals surface area contributed by atoms with Crippen molar-refractivity contribution in [2.75, 3.05) is 13.2 Å². The quantitative estimate of drug-likeness (QED) is 0.854. The highest BCUT2D eigenvalue weighted by atomic mass is 35.5. The molecule has 0 aliphatic heterocycles. The summed E-state index contributed by atoms with van der Waals surface area (Å²) in [6.45, 7) is 0.536. The summed E-state index contributed by atoms with van der Waals surface area (Å²) in [5, 5.41) is 3.38. The molecule has 0 unspecified atom stereocenters. The van der Waals surface area contributed by atoms with Crippen LogP contribution in [0.2, 0.25) is 10.0 Å². The van der Waals surface area contributed by atoms with Crippen LogP contribution in [0.4, 0.5) is 0 Å². The van der Waals surface area contributed by atoms with Gasteiger partial charge < -0.3 is 10.1 Å². The molecule has 6 nitrogen and oxygen atoms in total. The topological polar surface area (TPSA) is 77.0 Å². The van der Waals surface area contributed by atoms with Crippen LogP contribution in [0.15, 0.2) is 18.5 Å². The van der Waals surface area contributed by atoms with Crippen LogP contribution in [0.5, 0.6) is 5.88 Å². The Bertz CT molecular complexity index is 565. The van der Waals surface area contributed by atoms with Gasteiger partial charge >= 0.3 is 0 Å². The summed E-state index contributed by atoms with van der Waals surface area (Å²) in [7, 11) is 0. The lowest BCUT2D eigenvalue weighted by Crippen LogP contribution is -2.28. The van der Waals surface area contributed by atoms with Crippen molar-refractivity contribution in [1.82, 2.24) is 19.0 Å². The number of hydrogen-bond acceptors (Lipinski definition) is 6. The fourth-order valence-electron chi connectivity index (χ4n) is 1.18. The van der Waals surface area contributed by atoms with E-state index in [1.807, 2.05) is 0 Å². The number of rotatable bonds is 5. The smallest absolute Gasteiger partial charge is 0.272 e. The summed E-state index contributed by atoms with van der Waals surface area (Å²) in [4.78, 5) is 15.4. The predicted molar refractivity (Wildman–Crippen MR) is 72.0 cm³/mol. The molecule has 0 atom stereocenters. The fraction of sp³-hybridized carbons (Fsp3) is 0.200. The van der Waals surface area contributed by atoms with E-state index < -0.39 is 0 Å². The van der Waals surface area contributed by atoms with Gasteiger partial charge in [0.2, 0.25) is 5.88 Å². The number of amides is 1. The number of aromatic nitrogens is 3. The van der Waals surface area contributed by atoms with Gasteiger partial charge in [-0.1, -0.05) is 23.2 Å². The summed E-state index contributed by atoms with van der Waals surface area (Å²) in [6, 6.07) is 1.53. The van der Waals surface area contributed by atoms with E-state index in [1.54, 1.807) is 0 Å². The lowest BCUT2D eigenvalue weighted by Gasteiger charge is -2.07. The Morgan fingerprint density at radius 1 is 1.42 bits per heavy atom. The molecule has 0 radical (unpaired) electrons. The molecule has 19 heavy (non-hydrogen) atoms. The van der Waals surface area contributed by atoms with Crippen molar-refractivity contribution in [2.24, 2.45) is 0 Å². The Morgan fingerprint density at radius 3 is 2.95 bits per heavy atom. The van der Waals surface area contributed by atoms with E-state index in [0.29, 0.717) is 16.6 Å². The largest absolute Gasteiger partial charge is 0.475 e. The van der Waals surface area contributed by atoms with E-state index in [1.165, 1.54) is 18.5 Å². The highest BCUT2D eigenvalue weighted by molar-refractivity contribution is 6.99. The Kier molecular flexibility index (Phi) is 4.89. The maximum atomic E-state index is 11.5. The first-order valence-corrected chi connectivity index (χ1v) is 6.65. The zero-order chi connectivity index (χ0) is 13.7. The minimum Gasteiger partial charge on any atom is -0.475 e. The molecule has 2 heterocycles. The van der Waals surface area contributed by atoms with Crippen LogP contribution in [-0.4, -0.2) is 32.8 Å². The van der Waals surface area contributed by atoms with Gasteiger partial charge in [0.25, 0.3) is 5.91 Å². The van der Waals surface area contributed by atoms with Crippen LogP contribution in [-0.2, 0) is 0 Å². The van der Waals surface area contributed by atoms with Gasteiger partial charge in [0.1, 0.15) is 11.6 Å². The molecule has 100 valence electrons. The maximum absolute atomic E-state index is 11.5. The van der Waals surface area contributed by atoms with Crippen molar-refractivity contribution in [3.8, 4) is 5.88 Å². The molecule has 2 rings (SSSR count). The van der Waals surface area contributed by atoms with Crippen molar-refractivity contribution < 1.29 is 9.53 Å². The summed E-state index contributed by atoms with van der Waals surface area (Å²) in [6.07, 6.45) is 2.83. The van der Waals surface area contributed by atoms with E-state index >= 15 is 0 Å². The number of pyridine rings is 1. The van der Waals surface area contributed by atoms with Crippen molar-refractivity contribution in [3.63, 3.8) is 0 Å². The third-order valence-electron chi connectivity index (χ3n) is 1.99.